The number of hydrogen-bond acceptors (Lipinski definition) is 11. The maximum Gasteiger partial charge on any atom is 0.537 e. The van der Waals surface area contributed by atoms with Crippen molar-refractivity contribution in [1.82, 2.24) is 10.2 Å². The number of nitrogens with zero attached hydrogens (tertiary/aromatic N) is 2. The van der Waals surface area contributed by atoms with Crippen molar-refractivity contribution in [2.75, 3.05) is 13.9 Å². The maximum absolute atomic E-state index is 12.4. The second-order valence-corrected chi connectivity index (χ2v) is 7.71. The topological polar surface area (TPSA) is 117 Å². The fourth-order valence-electron chi connectivity index (χ4n) is 2.46. The lowest BCUT2D eigenvalue weighted by Crippen LogP contribution is -2.40. The molecule has 0 radical (unpaired) electrons. The molecule has 2 heterocycles. The number of hydrogen-bond donors (Lipinski definition) is 1. The summed E-state index contributed by atoms with van der Waals surface area (Å²) in [6.07, 6.45) is 0.439. The second-order valence-electron chi connectivity index (χ2n) is 5.39. The number of thioether (sulfide) groups is 1. The molecule has 1 unspecified atom stereocenters. The van der Waals surface area contributed by atoms with Gasteiger partial charge in [0.2, 0.25) is 6.79 Å². The monoisotopic (exact) mass is 410 g/mol. The van der Waals surface area contributed by atoms with Crippen molar-refractivity contribution in [2.24, 2.45) is 0 Å². The smallest absolute Gasteiger partial charge is 0.534 e. The van der Waals surface area contributed by atoms with Crippen LogP contribution in [-0.4, -0.2) is 53.3 Å². The van der Waals surface area contributed by atoms with Crippen molar-refractivity contribution >= 4 is 42.2 Å². The van der Waals surface area contributed by atoms with E-state index >= 15 is 0 Å². The third-order valence-electron chi connectivity index (χ3n) is 3.65. The molecule has 1 aliphatic rings. The molecule has 0 amide bonds. The maximum atomic E-state index is 12.4. The first-order valence-electron chi connectivity index (χ1n) is 7.77. The highest BCUT2D eigenvalue weighted by molar-refractivity contribution is 8.02. The Kier molecular flexibility index (Phi) is 6.19. The number of esters is 2. The van der Waals surface area contributed by atoms with Crippen LogP contribution in [0.1, 0.15) is 22.8 Å². The lowest BCUT2D eigenvalue weighted by atomic mass is 9.77. The molecule has 9 nitrogen and oxygen atoms in total. The molecule has 0 bridgehead atoms. The molecule has 0 spiro atoms. The second kappa shape index (κ2) is 8.59. The summed E-state index contributed by atoms with van der Waals surface area (Å²) in [4.78, 5) is 23.3. The third kappa shape index (κ3) is 4.52. The lowest BCUT2D eigenvalue weighted by molar-refractivity contribution is -0.149. The van der Waals surface area contributed by atoms with E-state index in [0.717, 1.165) is 0 Å². The first-order chi connectivity index (χ1) is 13.0. The number of fused-ring (bicyclic) bond motifs is 1. The Bertz CT molecular complexity index is 834. The predicted molar refractivity (Wildman–Crippen MR) is 96.9 cm³/mol. The summed E-state index contributed by atoms with van der Waals surface area (Å²) < 4.78 is 21.1. The van der Waals surface area contributed by atoms with Gasteiger partial charge in [0.15, 0.2) is 4.34 Å². The minimum Gasteiger partial charge on any atom is -0.534 e. The van der Waals surface area contributed by atoms with Gasteiger partial charge >= 0.3 is 19.1 Å². The van der Waals surface area contributed by atoms with Gasteiger partial charge in [-0.05, 0) is 18.1 Å². The minimum atomic E-state index is -1.17. The summed E-state index contributed by atoms with van der Waals surface area (Å²) >= 11 is 2.71. The van der Waals surface area contributed by atoms with E-state index in [2.05, 4.69) is 14.9 Å². The van der Waals surface area contributed by atoms with Crippen LogP contribution in [0.2, 0.25) is 0 Å². The van der Waals surface area contributed by atoms with Crippen molar-refractivity contribution in [3.8, 4) is 11.5 Å². The van der Waals surface area contributed by atoms with Gasteiger partial charge in [0.05, 0.1) is 12.3 Å². The molecule has 0 saturated heterocycles. The highest BCUT2D eigenvalue weighted by atomic mass is 32.2. The number of carbonyl (C=O) groups is 2. The van der Waals surface area contributed by atoms with E-state index < -0.39 is 25.8 Å². The zero-order chi connectivity index (χ0) is 19.4. The highest BCUT2D eigenvalue weighted by Crippen LogP contribution is 2.40. The molecule has 0 aliphatic carbocycles. The molecule has 3 rings (SSSR count). The van der Waals surface area contributed by atoms with Gasteiger partial charge in [-0.3, -0.25) is 4.79 Å². The van der Waals surface area contributed by atoms with Crippen LogP contribution in [0.4, 0.5) is 0 Å². The van der Waals surface area contributed by atoms with Crippen molar-refractivity contribution in [2.45, 2.75) is 22.8 Å². The average Bonchev–Trinajstić information content (AvgIpc) is 3.14. The van der Waals surface area contributed by atoms with E-state index in [4.69, 9.17) is 14.1 Å². The van der Waals surface area contributed by atoms with Gasteiger partial charge in [-0.25, -0.2) is 4.79 Å². The Hall–Kier alpha value is -2.31. The average molecular weight is 410 g/mol. The van der Waals surface area contributed by atoms with Crippen LogP contribution < -0.4 is 9.39 Å². The zero-order valence-electron chi connectivity index (χ0n) is 14.4. The van der Waals surface area contributed by atoms with Crippen LogP contribution in [0.15, 0.2) is 22.0 Å². The molecule has 0 saturated carbocycles. The van der Waals surface area contributed by atoms with Crippen LogP contribution in [0, 0.1) is 0 Å². The van der Waals surface area contributed by atoms with E-state index in [1.165, 1.54) is 37.1 Å². The van der Waals surface area contributed by atoms with Crippen LogP contribution in [0.3, 0.4) is 0 Å². The van der Waals surface area contributed by atoms with Gasteiger partial charge in [-0.1, -0.05) is 29.2 Å². The van der Waals surface area contributed by atoms with E-state index in [-0.39, 0.29) is 22.2 Å². The summed E-state index contributed by atoms with van der Waals surface area (Å²) in [6.45, 7) is 0.674. The Balaban J connectivity index is 1.83. The summed E-state index contributed by atoms with van der Waals surface area (Å²) in [5.74, 6) is -0.951. The van der Waals surface area contributed by atoms with Crippen LogP contribution in [0.25, 0.3) is 0 Å². The molecule has 1 aromatic carbocycles. The number of ether oxygens (including phenoxy) is 3. The largest absolute Gasteiger partial charge is 0.537 e. The van der Waals surface area contributed by atoms with Crippen LogP contribution in [0.5, 0.6) is 11.5 Å². The quantitative estimate of drug-likeness (QED) is 0.425. The van der Waals surface area contributed by atoms with E-state index in [0.29, 0.717) is 16.3 Å². The van der Waals surface area contributed by atoms with Gasteiger partial charge in [0, 0.05) is 6.92 Å². The zero-order valence-corrected chi connectivity index (χ0v) is 16.0. The molecule has 1 N–H and O–H groups in total. The summed E-state index contributed by atoms with van der Waals surface area (Å²) in [7, 11) is 0.233. The number of methoxy groups -OCH3 is 1. The van der Waals surface area contributed by atoms with Gasteiger partial charge in [0.1, 0.15) is 22.6 Å². The third-order valence-corrected chi connectivity index (χ3v) is 5.69. The van der Waals surface area contributed by atoms with E-state index in [1.807, 2.05) is 0 Å². The van der Waals surface area contributed by atoms with Gasteiger partial charge in [-0.15, -0.1) is 10.2 Å². The Morgan fingerprint density at radius 2 is 2.26 bits per heavy atom. The summed E-state index contributed by atoms with van der Waals surface area (Å²) in [5.41, 5.74) is 2.34. The van der Waals surface area contributed by atoms with Crippen LogP contribution in [-0.2, 0) is 20.7 Å². The number of aromatic nitrogens is 2. The molecular formula is C15H15BN2O7S2. The SMILES string of the molecule is COc1ccc2c(c1C(=O)OCOC(C)=O)OB(O)C(Sc1nncs1)C2. The summed E-state index contributed by atoms with van der Waals surface area (Å²) in [5, 5.41) is 17.8. The van der Waals surface area contributed by atoms with Crippen molar-refractivity contribution in [1.29, 1.82) is 0 Å². The molecule has 142 valence electrons. The number of carbonyl (C=O) groups excluding carboxylic acids is 2. The lowest BCUT2D eigenvalue weighted by Gasteiger charge is -2.28. The van der Waals surface area contributed by atoms with E-state index in [9.17, 15) is 14.6 Å². The highest BCUT2D eigenvalue weighted by Gasteiger charge is 2.39. The Morgan fingerprint density at radius 1 is 1.44 bits per heavy atom. The summed E-state index contributed by atoms with van der Waals surface area (Å²) in [6, 6.07) is 3.38. The fourth-order valence-corrected chi connectivity index (χ4v) is 4.25. The first kappa shape index (κ1) is 19.5. The molecule has 0 fully saturated rings. The number of rotatable bonds is 6. The molecule has 2 aromatic rings. The molecule has 1 aromatic heterocycles. The normalized spacial score (nSPS) is 15.5. The first-order valence-corrected chi connectivity index (χ1v) is 9.53. The van der Waals surface area contributed by atoms with Crippen molar-refractivity contribution in [3.05, 3.63) is 28.8 Å². The van der Waals surface area contributed by atoms with Crippen LogP contribution >= 0.6 is 23.1 Å². The fraction of sp³-hybridized carbons (Fsp3) is 0.333. The van der Waals surface area contributed by atoms with Crippen molar-refractivity contribution < 1.29 is 33.5 Å². The number of benzene rings is 1. The molecule has 12 heteroatoms. The van der Waals surface area contributed by atoms with E-state index in [1.54, 1.807) is 17.6 Å². The van der Waals surface area contributed by atoms with Gasteiger partial charge in [0.25, 0.3) is 0 Å². The van der Waals surface area contributed by atoms with Gasteiger partial charge in [-0.2, -0.15) is 0 Å². The molecule has 1 aliphatic heterocycles. The van der Waals surface area contributed by atoms with Crippen molar-refractivity contribution in [3.63, 3.8) is 0 Å². The standard InChI is InChI=1S/C15H15BN2O7S2/c1-8(19)23-7-24-14(20)12-10(22-2)4-3-9-5-11(16(21)25-13(9)12)27-15-18-17-6-26-15/h3-4,6,11,21H,5,7H2,1-2H3. The Labute approximate surface area is 163 Å². The van der Waals surface area contributed by atoms with Gasteiger partial charge < -0.3 is 23.9 Å². The minimum absolute atomic E-state index is 0.0283. The Morgan fingerprint density at radius 3 is 2.93 bits per heavy atom. The molecule has 1 atom stereocenters. The predicted octanol–water partition coefficient (Wildman–Crippen LogP) is 1.34. The molecule has 27 heavy (non-hydrogen) atoms. The molecular weight excluding hydrogens is 395 g/mol.